The summed E-state index contributed by atoms with van der Waals surface area (Å²) in [5.74, 6) is -1.74. The number of likely N-dealkylation sites (N-methyl/N-ethyl adjacent to an activating group) is 1. The summed E-state index contributed by atoms with van der Waals surface area (Å²) in [5.41, 5.74) is 0. The van der Waals surface area contributed by atoms with Gasteiger partial charge in [0.25, 0.3) is 0 Å². The van der Waals surface area contributed by atoms with Crippen molar-refractivity contribution in [2.45, 2.75) is 212 Å². The average molecular weight is 816 g/mol. The first kappa shape index (κ1) is 55.3. The van der Waals surface area contributed by atoms with E-state index in [4.69, 9.17) is 14.2 Å². The third kappa shape index (κ3) is 38.8. The number of rotatable bonds is 42. The maximum absolute atomic E-state index is 12.7. The van der Waals surface area contributed by atoms with Gasteiger partial charge in [-0.2, -0.15) is 0 Å². The van der Waals surface area contributed by atoms with Crippen molar-refractivity contribution in [3.63, 3.8) is 0 Å². The molecule has 0 aliphatic rings. The summed E-state index contributed by atoms with van der Waals surface area (Å²) in [6.45, 7) is 4.55. The lowest BCUT2D eigenvalue weighted by Gasteiger charge is -2.34. The van der Waals surface area contributed by atoms with E-state index >= 15 is 0 Å². The molecule has 0 fully saturated rings. The summed E-state index contributed by atoms with van der Waals surface area (Å²) in [5, 5.41) is 11.6. The normalized spacial score (nSPS) is 13.3. The van der Waals surface area contributed by atoms with Crippen LogP contribution in [0.3, 0.4) is 0 Å². The molecule has 0 amide bonds. The van der Waals surface area contributed by atoms with Gasteiger partial charge >= 0.3 is 11.9 Å². The summed E-state index contributed by atoms with van der Waals surface area (Å²) in [7, 11) is 5.41. The molecule has 0 radical (unpaired) electrons. The third-order valence-electron chi connectivity index (χ3n) is 10.5. The standard InChI is InChI=1S/C50H89NO7/c1-6-8-10-12-14-16-18-19-20-21-22-23-24-25-26-27-28-29-31-33-35-37-39-41-49(53)58-46(44-56-43-42-47(50(54)55)51(3,4)5)45-57-48(52)40-38-36-34-32-30-17-15-13-11-9-7-2/h8,10,14,16,19-20,22-23,46-47H,6-7,9,11-13,15,17-18,21,24-45H2,1-5H3/b10-8-,16-14-,20-19-,23-22-. The molecule has 0 aliphatic heterocycles. The Bertz CT molecular complexity index is 1090. The monoisotopic (exact) mass is 816 g/mol. The SMILES string of the molecule is CC/C=C\C/C=C\C/C=C\C/C=C\CCCCCCCCCCCCC(=O)OC(COCCC(C(=O)[O-])[N+](C)(C)C)COC(=O)CCCCCCCCCCCCC. The molecule has 0 bridgehead atoms. The average Bonchev–Trinajstić information content (AvgIpc) is 3.18. The molecule has 336 valence electrons. The number of carbonyl (C=O) groups excluding carboxylic acids is 3. The molecular formula is C50H89NO7. The topological polar surface area (TPSA) is 102 Å². The van der Waals surface area contributed by atoms with Gasteiger partial charge in [0.1, 0.15) is 12.6 Å². The molecule has 2 atom stereocenters. The zero-order chi connectivity index (χ0) is 42.8. The Kier molecular flexibility index (Phi) is 39.1. The predicted octanol–water partition coefficient (Wildman–Crippen LogP) is 11.9. The van der Waals surface area contributed by atoms with Crippen LogP contribution in [0.25, 0.3) is 0 Å². The van der Waals surface area contributed by atoms with E-state index in [2.05, 4.69) is 62.5 Å². The molecule has 0 aliphatic carbocycles. The number of nitrogens with zero attached hydrogens (tertiary/aromatic N) is 1. The minimum Gasteiger partial charge on any atom is -0.544 e. The summed E-state index contributed by atoms with van der Waals surface area (Å²) in [4.78, 5) is 36.9. The molecule has 0 aromatic heterocycles. The zero-order valence-corrected chi connectivity index (χ0v) is 38.2. The summed E-state index contributed by atoms with van der Waals surface area (Å²) in [6.07, 6.45) is 48.5. The second kappa shape index (κ2) is 41.0. The molecule has 0 rings (SSSR count). The molecule has 8 heteroatoms. The van der Waals surface area contributed by atoms with Crippen LogP contribution in [-0.4, -0.2) is 75.5 Å². The Morgan fingerprint density at radius 2 is 0.966 bits per heavy atom. The maximum Gasteiger partial charge on any atom is 0.306 e. The van der Waals surface area contributed by atoms with Crippen molar-refractivity contribution in [1.82, 2.24) is 0 Å². The molecular weight excluding hydrogens is 727 g/mol. The van der Waals surface area contributed by atoms with E-state index in [-0.39, 0.29) is 42.7 Å². The molecule has 0 spiro atoms. The van der Waals surface area contributed by atoms with Crippen LogP contribution in [0.4, 0.5) is 0 Å². The number of hydrogen-bond donors (Lipinski definition) is 0. The highest BCUT2D eigenvalue weighted by Crippen LogP contribution is 2.15. The number of ether oxygens (including phenoxy) is 3. The molecule has 2 unspecified atom stereocenters. The van der Waals surface area contributed by atoms with Gasteiger partial charge in [-0.05, 0) is 51.4 Å². The van der Waals surface area contributed by atoms with Crippen LogP contribution in [0.15, 0.2) is 48.6 Å². The van der Waals surface area contributed by atoms with Crippen molar-refractivity contribution in [2.75, 3.05) is 41.0 Å². The number of carbonyl (C=O) groups is 3. The largest absolute Gasteiger partial charge is 0.544 e. The van der Waals surface area contributed by atoms with Crippen molar-refractivity contribution < 1.29 is 38.2 Å². The van der Waals surface area contributed by atoms with E-state index in [1.807, 2.05) is 0 Å². The van der Waals surface area contributed by atoms with Gasteiger partial charge in [-0.3, -0.25) is 9.59 Å². The molecule has 58 heavy (non-hydrogen) atoms. The first-order valence-corrected chi connectivity index (χ1v) is 23.7. The van der Waals surface area contributed by atoms with Crippen molar-refractivity contribution in [3.8, 4) is 0 Å². The lowest BCUT2D eigenvalue weighted by Crippen LogP contribution is -2.55. The van der Waals surface area contributed by atoms with E-state index in [1.165, 1.54) is 103 Å². The van der Waals surface area contributed by atoms with Crippen molar-refractivity contribution in [3.05, 3.63) is 48.6 Å². The maximum atomic E-state index is 12.7. The molecule has 0 saturated heterocycles. The molecule has 0 aromatic carbocycles. The number of unbranched alkanes of at least 4 members (excludes halogenated alkanes) is 20. The number of esters is 2. The fourth-order valence-electron chi connectivity index (χ4n) is 6.83. The summed E-state index contributed by atoms with van der Waals surface area (Å²) >= 11 is 0. The highest BCUT2D eigenvalue weighted by atomic mass is 16.6. The highest BCUT2D eigenvalue weighted by molar-refractivity contribution is 5.70. The van der Waals surface area contributed by atoms with Crippen LogP contribution in [0, 0.1) is 0 Å². The molecule has 0 heterocycles. The zero-order valence-electron chi connectivity index (χ0n) is 38.2. The van der Waals surface area contributed by atoms with Gasteiger partial charge < -0.3 is 28.6 Å². The van der Waals surface area contributed by atoms with E-state index in [0.717, 1.165) is 64.2 Å². The van der Waals surface area contributed by atoms with Gasteiger partial charge in [0.2, 0.25) is 0 Å². The number of carboxylic acids is 1. The van der Waals surface area contributed by atoms with Crippen molar-refractivity contribution >= 4 is 17.9 Å². The Morgan fingerprint density at radius 3 is 1.43 bits per heavy atom. The molecule has 0 saturated carbocycles. The summed E-state index contributed by atoms with van der Waals surface area (Å²) in [6, 6.07) is -0.725. The third-order valence-corrected chi connectivity index (χ3v) is 10.5. The minimum atomic E-state index is -1.13. The lowest BCUT2D eigenvalue weighted by atomic mass is 10.0. The number of allylic oxidation sites excluding steroid dienone is 8. The molecule has 8 nitrogen and oxygen atoms in total. The number of aliphatic carboxylic acids is 1. The van der Waals surface area contributed by atoms with Crippen molar-refractivity contribution in [1.29, 1.82) is 0 Å². The van der Waals surface area contributed by atoms with E-state index < -0.39 is 18.1 Å². The van der Waals surface area contributed by atoms with E-state index in [1.54, 1.807) is 21.1 Å². The van der Waals surface area contributed by atoms with Crippen LogP contribution in [0.1, 0.15) is 200 Å². The lowest BCUT2D eigenvalue weighted by molar-refractivity contribution is -0.889. The van der Waals surface area contributed by atoms with E-state index in [9.17, 15) is 19.5 Å². The molecule has 0 aromatic rings. The van der Waals surface area contributed by atoms with Crippen LogP contribution in [0.5, 0.6) is 0 Å². The van der Waals surface area contributed by atoms with Crippen molar-refractivity contribution in [2.24, 2.45) is 0 Å². The first-order valence-electron chi connectivity index (χ1n) is 23.7. The number of hydrogen-bond acceptors (Lipinski definition) is 7. The Hall–Kier alpha value is -2.71. The Morgan fingerprint density at radius 1 is 0.534 bits per heavy atom. The smallest absolute Gasteiger partial charge is 0.306 e. The van der Waals surface area contributed by atoms with Gasteiger partial charge in [0, 0.05) is 19.3 Å². The van der Waals surface area contributed by atoms with Crippen LogP contribution in [0.2, 0.25) is 0 Å². The number of quaternary nitrogens is 1. The first-order chi connectivity index (χ1) is 28.1. The Labute approximate surface area is 356 Å². The van der Waals surface area contributed by atoms with E-state index in [0.29, 0.717) is 12.8 Å². The fraction of sp³-hybridized carbons (Fsp3) is 0.780. The second-order valence-corrected chi connectivity index (χ2v) is 17.0. The van der Waals surface area contributed by atoms with Gasteiger partial charge in [0.15, 0.2) is 6.10 Å². The van der Waals surface area contributed by atoms with Gasteiger partial charge in [-0.15, -0.1) is 0 Å². The highest BCUT2D eigenvalue weighted by Gasteiger charge is 2.25. The summed E-state index contributed by atoms with van der Waals surface area (Å²) < 4.78 is 17.2. The van der Waals surface area contributed by atoms with Crippen LogP contribution in [-0.2, 0) is 28.6 Å². The minimum absolute atomic E-state index is 0.0405. The van der Waals surface area contributed by atoms with Gasteiger partial charge in [-0.1, -0.05) is 178 Å². The van der Waals surface area contributed by atoms with Crippen LogP contribution >= 0.6 is 0 Å². The second-order valence-electron chi connectivity index (χ2n) is 17.0. The van der Waals surface area contributed by atoms with Crippen LogP contribution < -0.4 is 5.11 Å². The van der Waals surface area contributed by atoms with Gasteiger partial charge in [-0.25, -0.2) is 0 Å². The fourth-order valence-corrected chi connectivity index (χ4v) is 6.83. The quantitative estimate of drug-likeness (QED) is 0.0262. The Balaban J connectivity index is 4.23. The molecule has 0 N–H and O–H groups in total. The predicted molar refractivity (Wildman–Crippen MR) is 240 cm³/mol. The van der Waals surface area contributed by atoms with Gasteiger partial charge in [0.05, 0.1) is 40.3 Å². The number of carboxylic acid groups (broad SMARTS) is 1.